The Balaban J connectivity index is 2.61. The van der Waals surface area contributed by atoms with Crippen LogP contribution in [0, 0.1) is 5.92 Å². The molecule has 1 N–H and O–H groups in total. The fourth-order valence-electron chi connectivity index (χ4n) is 3.45. The zero-order chi connectivity index (χ0) is 21.0. The number of likely N-dealkylation sites (N-methyl/N-ethyl adjacent to an activating group) is 2. The molecule has 0 radical (unpaired) electrons. The lowest BCUT2D eigenvalue weighted by molar-refractivity contribution is 0.0237. The predicted octanol–water partition coefficient (Wildman–Crippen LogP) is 2.02. The Morgan fingerprint density at radius 1 is 1.30 bits per heavy atom. The van der Waals surface area contributed by atoms with Crippen LogP contribution in [0.15, 0.2) is 12.3 Å². The Bertz CT molecular complexity index is 591. The number of aliphatic hydroxyl groups is 1. The minimum Gasteiger partial charge on any atom is -0.390 e. The maximum atomic E-state index is 11.9. The first-order valence-electron chi connectivity index (χ1n) is 10.0. The van der Waals surface area contributed by atoms with Crippen LogP contribution in [0.2, 0.25) is 0 Å². The summed E-state index contributed by atoms with van der Waals surface area (Å²) in [5.74, 6) is 0.415. The van der Waals surface area contributed by atoms with E-state index >= 15 is 0 Å². The van der Waals surface area contributed by atoms with E-state index in [0.29, 0.717) is 13.0 Å². The van der Waals surface area contributed by atoms with Crippen LogP contribution in [0.5, 0.6) is 0 Å². The molecule has 3 atom stereocenters. The van der Waals surface area contributed by atoms with Gasteiger partial charge in [0, 0.05) is 30.7 Å². The fraction of sp³-hybridized carbons (Fsp3) is 0.900. The number of allylic oxidation sites excluding steroid dienone is 1. The summed E-state index contributed by atoms with van der Waals surface area (Å²) in [6.45, 7) is 14.1. The van der Waals surface area contributed by atoms with E-state index in [4.69, 9.17) is 0 Å². The number of hydrogen-bond acceptors (Lipinski definition) is 6. The second kappa shape index (κ2) is 9.72. The van der Waals surface area contributed by atoms with Gasteiger partial charge < -0.3 is 10.0 Å². The smallest absolute Gasteiger partial charge is 0.150 e. The highest BCUT2D eigenvalue weighted by molar-refractivity contribution is 7.91. The Labute approximate surface area is 167 Å². The molecule has 0 saturated carbocycles. The van der Waals surface area contributed by atoms with Crippen molar-refractivity contribution >= 4 is 9.84 Å². The Kier molecular flexibility index (Phi) is 8.79. The summed E-state index contributed by atoms with van der Waals surface area (Å²) < 4.78 is 23.9. The zero-order valence-corrected chi connectivity index (χ0v) is 19.2. The predicted molar refractivity (Wildman–Crippen MR) is 113 cm³/mol. The van der Waals surface area contributed by atoms with Crippen LogP contribution in [0.4, 0.5) is 0 Å². The van der Waals surface area contributed by atoms with Crippen LogP contribution < -0.4 is 0 Å². The van der Waals surface area contributed by atoms with Gasteiger partial charge in [0.2, 0.25) is 0 Å². The lowest BCUT2D eigenvalue weighted by atomic mass is 9.99. The Morgan fingerprint density at radius 2 is 1.89 bits per heavy atom. The number of rotatable bonds is 10. The van der Waals surface area contributed by atoms with Crippen molar-refractivity contribution in [3.63, 3.8) is 0 Å². The molecule has 1 rings (SSSR count). The van der Waals surface area contributed by atoms with Gasteiger partial charge in [-0.05, 0) is 54.1 Å². The molecule has 1 heterocycles. The van der Waals surface area contributed by atoms with Crippen LogP contribution in [0.1, 0.15) is 47.0 Å². The molecule has 0 aromatic rings. The summed E-state index contributed by atoms with van der Waals surface area (Å²) in [5, 5.41) is 10.7. The molecular weight excluding hydrogens is 362 g/mol. The highest BCUT2D eigenvalue weighted by Crippen LogP contribution is 2.27. The van der Waals surface area contributed by atoms with Gasteiger partial charge in [-0.15, -0.1) is 0 Å². The Morgan fingerprint density at radius 3 is 2.41 bits per heavy atom. The number of aliphatic hydroxyl groups excluding tert-OH is 1. The van der Waals surface area contributed by atoms with E-state index in [1.165, 1.54) is 0 Å². The summed E-state index contributed by atoms with van der Waals surface area (Å²) >= 11 is 0. The standard InChI is InChI=1S/C20H41N3O3S/c1-9-20(4,5)22(7)15-21(6)13-19(24)17(3)23(8)16(2)18-11-10-12-27(25,26)14-18/h17-19,24H,2,9-15H2,1,3-8H3. The molecule has 1 saturated heterocycles. The molecule has 0 spiro atoms. The molecule has 1 aliphatic rings. The lowest BCUT2D eigenvalue weighted by Crippen LogP contribution is -2.50. The number of sulfone groups is 1. The quantitative estimate of drug-likeness (QED) is 0.563. The van der Waals surface area contributed by atoms with Crippen molar-refractivity contribution in [1.82, 2.24) is 14.7 Å². The highest BCUT2D eigenvalue weighted by Gasteiger charge is 2.31. The van der Waals surface area contributed by atoms with Gasteiger partial charge in [0.1, 0.15) is 0 Å². The molecule has 7 heteroatoms. The summed E-state index contributed by atoms with van der Waals surface area (Å²) in [5.41, 5.74) is 0.930. The maximum Gasteiger partial charge on any atom is 0.150 e. The van der Waals surface area contributed by atoms with E-state index in [1.54, 1.807) is 0 Å². The van der Waals surface area contributed by atoms with Crippen LogP contribution in [-0.2, 0) is 9.84 Å². The van der Waals surface area contributed by atoms with Gasteiger partial charge in [-0.1, -0.05) is 13.5 Å². The molecule has 0 bridgehead atoms. The first-order valence-corrected chi connectivity index (χ1v) is 11.8. The zero-order valence-electron chi connectivity index (χ0n) is 18.4. The van der Waals surface area contributed by atoms with Gasteiger partial charge in [0.15, 0.2) is 9.84 Å². The van der Waals surface area contributed by atoms with E-state index in [1.807, 2.05) is 25.9 Å². The van der Waals surface area contributed by atoms with Crippen LogP contribution in [0.3, 0.4) is 0 Å². The van der Waals surface area contributed by atoms with Crippen molar-refractivity contribution in [2.45, 2.75) is 64.6 Å². The van der Waals surface area contributed by atoms with E-state index in [0.717, 1.165) is 25.2 Å². The van der Waals surface area contributed by atoms with Crippen molar-refractivity contribution < 1.29 is 13.5 Å². The normalized spacial score (nSPS) is 22.7. The fourth-order valence-corrected chi connectivity index (χ4v) is 5.19. The summed E-state index contributed by atoms with van der Waals surface area (Å²) in [6, 6.07) is -0.130. The van der Waals surface area contributed by atoms with Gasteiger partial charge in [0.05, 0.1) is 30.3 Å². The third-order valence-corrected chi connectivity index (χ3v) is 8.23. The molecule has 1 aliphatic heterocycles. The van der Waals surface area contributed by atoms with Crippen LogP contribution in [-0.4, -0.2) is 91.8 Å². The third-order valence-electron chi connectivity index (χ3n) is 6.41. The van der Waals surface area contributed by atoms with Crippen molar-refractivity contribution in [3.8, 4) is 0 Å². The number of nitrogens with zero attached hydrogens (tertiary/aromatic N) is 3. The van der Waals surface area contributed by atoms with E-state index in [-0.39, 0.29) is 29.0 Å². The first kappa shape index (κ1) is 24.4. The average molecular weight is 404 g/mol. The third kappa shape index (κ3) is 7.04. The van der Waals surface area contributed by atoms with E-state index < -0.39 is 15.9 Å². The molecule has 6 nitrogen and oxygen atoms in total. The Hall–Kier alpha value is -0.630. The molecule has 0 aromatic heterocycles. The van der Waals surface area contributed by atoms with Crippen molar-refractivity contribution in [2.75, 3.05) is 45.9 Å². The van der Waals surface area contributed by atoms with Gasteiger partial charge in [-0.2, -0.15) is 0 Å². The van der Waals surface area contributed by atoms with E-state index in [9.17, 15) is 13.5 Å². The molecule has 1 fully saturated rings. The second-order valence-electron chi connectivity index (χ2n) is 8.91. The molecule has 0 aromatic carbocycles. The summed E-state index contributed by atoms with van der Waals surface area (Å²) in [6.07, 6.45) is 2.06. The average Bonchev–Trinajstić information content (AvgIpc) is 2.58. The van der Waals surface area contributed by atoms with Crippen molar-refractivity contribution in [1.29, 1.82) is 0 Å². The van der Waals surface area contributed by atoms with Crippen molar-refractivity contribution in [2.24, 2.45) is 5.92 Å². The first-order chi connectivity index (χ1) is 12.3. The van der Waals surface area contributed by atoms with Gasteiger partial charge in [0.25, 0.3) is 0 Å². The molecular formula is C20H41N3O3S. The van der Waals surface area contributed by atoms with Gasteiger partial charge in [-0.25, -0.2) is 8.42 Å². The van der Waals surface area contributed by atoms with Crippen LogP contribution in [0.25, 0.3) is 0 Å². The molecule has 0 aliphatic carbocycles. The molecule has 27 heavy (non-hydrogen) atoms. The minimum absolute atomic E-state index is 0.0439. The summed E-state index contributed by atoms with van der Waals surface area (Å²) in [4.78, 5) is 6.38. The monoisotopic (exact) mass is 403 g/mol. The second-order valence-corrected chi connectivity index (χ2v) is 11.1. The van der Waals surface area contributed by atoms with E-state index in [2.05, 4.69) is 44.2 Å². The maximum absolute atomic E-state index is 11.9. The van der Waals surface area contributed by atoms with Gasteiger partial charge in [-0.3, -0.25) is 9.80 Å². The summed E-state index contributed by atoms with van der Waals surface area (Å²) in [7, 11) is 3.06. The SMILES string of the molecule is C=C(C1CCCS(=O)(=O)C1)N(C)C(C)C(O)CN(C)CN(C)C(C)(C)CC. The number of hydrogen-bond donors (Lipinski definition) is 1. The van der Waals surface area contributed by atoms with Crippen molar-refractivity contribution in [3.05, 3.63) is 12.3 Å². The molecule has 3 unspecified atom stereocenters. The van der Waals surface area contributed by atoms with Gasteiger partial charge >= 0.3 is 0 Å². The largest absolute Gasteiger partial charge is 0.390 e. The lowest BCUT2D eigenvalue weighted by Gasteiger charge is -2.40. The molecule has 0 amide bonds. The highest BCUT2D eigenvalue weighted by atomic mass is 32.2. The van der Waals surface area contributed by atoms with Crippen LogP contribution >= 0.6 is 0 Å². The topological polar surface area (TPSA) is 64.1 Å². The minimum atomic E-state index is -2.97. The molecule has 160 valence electrons.